The second kappa shape index (κ2) is 5.61. The Morgan fingerprint density at radius 3 is 2.67 bits per heavy atom. The fraction of sp³-hybridized carbons (Fsp3) is 0.333. The Morgan fingerprint density at radius 2 is 2.14 bits per heavy atom. The van der Waals surface area contributed by atoms with E-state index in [0.29, 0.717) is 4.31 Å². The van der Waals surface area contributed by atoms with Gasteiger partial charge in [-0.05, 0) is 18.2 Å². The molecule has 0 unspecified atom stereocenters. The quantitative estimate of drug-likeness (QED) is 0.829. The molecular weight excluding hydrogens is 320 g/mol. The Kier molecular flexibility index (Phi) is 4.20. The summed E-state index contributed by atoms with van der Waals surface area (Å²) in [5.41, 5.74) is 0.190. The van der Waals surface area contributed by atoms with Gasteiger partial charge >= 0.3 is 5.97 Å². The zero-order valence-electron chi connectivity index (χ0n) is 10.6. The average Bonchev–Trinajstić information content (AvgIpc) is 2.81. The number of nitrogens with zero attached hydrogens (tertiary/aromatic N) is 2. The lowest BCUT2D eigenvalue weighted by Crippen LogP contribution is -2.40. The molecule has 1 aliphatic rings. The largest absolute Gasteiger partial charge is 0.480 e. The van der Waals surface area contributed by atoms with Crippen LogP contribution in [0.1, 0.15) is 12.0 Å². The molecule has 1 aromatic rings. The molecule has 9 heteroatoms. The third-order valence-corrected chi connectivity index (χ3v) is 5.52. The minimum atomic E-state index is -4.17. The molecule has 0 spiro atoms. The van der Waals surface area contributed by atoms with Crippen molar-refractivity contribution in [3.05, 3.63) is 28.8 Å². The van der Waals surface area contributed by atoms with E-state index >= 15 is 0 Å². The van der Waals surface area contributed by atoms with Crippen LogP contribution in [0.5, 0.6) is 0 Å². The number of aliphatic hydroxyl groups is 1. The van der Waals surface area contributed by atoms with Gasteiger partial charge in [-0.3, -0.25) is 4.79 Å². The number of benzene rings is 1. The third kappa shape index (κ3) is 2.87. The normalized spacial score (nSPS) is 22.9. The Hall–Kier alpha value is -1.66. The van der Waals surface area contributed by atoms with Crippen molar-refractivity contribution in [1.29, 1.82) is 5.26 Å². The molecular formula is C12H11ClN2O5S. The topological polar surface area (TPSA) is 119 Å². The van der Waals surface area contributed by atoms with Crippen molar-refractivity contribution in [3.8, 4) is 6.07 Å². The minimum Gasteiger partial charge on any atom is -0.480 e. The first-order valence-electron chi connectivity index (χ1n) is 5.89. The van der Waals surface area contributed by atoms with Crippen LogP contribution in [-0.2, 0) is 14.8 Å². The zero-order valence-corrected chi connectivity index (χ0v) is 12.2. The van der Waals surface area contributed by atoms with E-state index in [4.69, 9.17) is 22.0 Å². The van der Waals surface area contributed by atoms with Crippen LogP contribution in [-0.4, -0.2) is 47.6 Å². The summed E-state index contributed by atoms with van der Waals surface area (Å²) in [6.45, 7) is -0.310. The number of hydrogen-bond acceptors (Lipinski definition) is 5. The highest BCUT2D eigenvalue weighted by Crippen LogP contribution is 2.31. The monoisotopic (exact) mass is 330 g/mol. The molecule has 2 N–H and O–H groups in total. The van der Waals surface area contributed by atoms with Crippen molar-refractivity contribution >= 4 is 27.6 Å². The number of halogens is 1. The summed E-state index contributed by atoms with van der Waals surface area (Å²) in [7, 11) is -4.17. The van der Waals surface area contributed by atoms with Gasteiger partial charge in [-0.15, -0.1) is 0 Å². The van der Waals surface area contributed by atoms with Gasteiger partial charge in [-0.25, -0.2) is 8.42 Å². The SMILES string of the molecule is N#Cc1ccc(S(=O)(=O)N2C[C@H](O)C[C@H]2C(=O)O)c(Cl)c1. The highest BCUT2D eigenvalue weighted by atomic mass is 35.5. The van der Waals surface area contributed by atoms with Gasteiger partial charge in [-0.2, -0.15) is 9.57 Å². The Balaban J connectivity index is 2.47. The number of β-amino-alcohol motifs (C(OH)–C–C–N with tert-alkyl or cyclic N) is 1. The molecule has 0 aliphatic carbocycles. The number of aliphatic hydroxyl groups excluding tert-OH is 1. The maximum absolute atomic E-state index is 12.5. The van der Waals surface area contributed by atoms with Crippen molar-refractivity contribution < 1.29 is 23.4 Å². The fourth-order valence-corrected chi connectivity index (χ4v) is 4.33. The van der Waals surface area contributed by atoms with E-state index in [1.54, 1.807) is 0 Å². The Bertz CT molecular complexity index is 728. The van der Waals surface area contributed by atoms with Gasteiger partial charge in [0.05, 0.1) is 22.8 Å². The molecule has 21 heavy (non-hydrogen) atoms. The van der Waals surface area contributed by atoms with Crippen LogP contribution >= 0.6 is 11.6 Å². The summed E-state index contributed by atoms with van der Waals surface area (Å²) in [6.07, 6.45) is -1.22. The maximum Gasteiger partial charge on any atom is 0.322 e. The molecule has 2 rings (SSSR count). The first kappa shape index (κ1) is 15.7. The van der Waals surface area contributed by atoms with Crippen LogP contribution < -0.4 is 0 Å². The van der Waals surface area contributed by atoms with Crippen LogP contribution in [0.15, 0.2) is 23.1 Å². The van der Waals surface area contributed by atoms with Gasteiger partial charge in [0.15, 0.2) is 0 Å². The number of sulfonamides is 1. The molecule has 2 atom stereocenters. The molecule has 0 radical (unpaired) electrons. The second-order valence-electron chi connectivity index (χ2n) is 4.58. The summed E-state index contributed by atoms with van der Waals surface area (Å²) in [5, 5.41) is 27.2. The van der Waals surface area contributed by atoms with E-state index in [1.165, 1.54) is 12.1 Å². The third-order valence-electron chi connectivity index (χ3n) is 3.17. The number of carboxylic acids is 1. The van der Waals surface area contributed by atoms with Crippen molar-refractivity contribution in [3.63, 3.8) is 0 Å². The van der Waals surface area contributed by atoms with Crippen molar-refractivity contribution in [2.45, 2.75) is 23.5 Å². The lowest BCUT2D eigenvalue weighted by atomic mass is 10.2. The molecule has 7 nitrogen and oxygen atoms in total. The van der Waals surface area contributed by atoms with Gasteiger partial charge in [-0.1, -0.05) is 11.6 Å². The van der Waals surface area contributed by atoms with E-state index in [9.17, 15) is 18.3 Å². The first-order chi connectivity index (χ1) is 9.77. The number of carboxylic acid groups (broad SMARTS) is 1. The Morgan fingerprint density at radius 1 is 1.48 bits per heavy atom. The summed E-state index contributed by atoms with van der Waals surface area (Å²) in [5.74, 6) is -1.33. The maximum atomic E-state index is 12.5. The number of hydrogen-bond donors (Lipinski definition) is 2. The number of aliphatic carboxylic acids is 1. The van der Waals surface area contributed by atoms with Gasteiger partial charge in [0.25, 0.3) is 0 Å². The second-order valence-corrected chi connectivity index (χ2v) is 6.84. The summed E-state index contributed by atoms with van der Waals surface area (Å²) in [4.78, 5) is 10.8. The van der Waals surface area contributed by atoms with Crippen molar-refractivity contribution in [2.24, 2.45) is 0 Å². The lowest BCUT2D eigenvalue weighted by molar-refractivity contribution is -0.140. The van der Waals surface area contributed by atoms with E-state index in [-0.39, 0.29) is 28.4 Å². The van der Waals surface area contributed by atoms with Crippen LogP contribution in [0.25, 0.3) is 0 Å². The zero-order chi connectivity index (χ0) is 15.8. The molecule has 112 valence electrons. The van der Waals surface area contributed by atoms with Crippen LogP contribution in [0.4, 0.5) is 0 Å². The minimum absolute atomic E-state index is 0.167. The highest BCUT2D eigenvalue weighted by molar-refractivity contribution is 7.89. The molecule has 1 saturated heterocycles. The molecule has 1 fully saturated rings. The predicted octanol–water partition coefficient (Wildman–Crippen LogP) is 0.420. The van der Waals surface area contributed by atoms with Gasteiger partial charge in [0.1, 0.15) is 10.9 Å². The molecule has 1 heterocycles. The predicted molar refractivity (Wildman–Crippen MR) is 72.1 cm³/mol. The van der Waals surface area contributed by atoms with Crippen molar-refractivity contribution in [1.82, 2.24) is 4.31 Å². The first-order valence-corrected chi connectivity index (χ1v) is 7.71. The van der Waals surface area contributed by atoms with E-state index in [0.717, 1.165) is 6.07 Å². The fourth-order valence-electron chi connectivity index (χ4n) is 2.18. The summed E-state index contributed by atoms with van der Waals surface area (Å²) in [6, 6.07) is 4.11. The van der Waals surface area contributed by atoms with Crippen molar-refractivity contribution in [2.75, 3.05) is 6.54 Å². The van der Waals surface area contributed by atoms with Crippen LogP contribution in [0.2, 0.25) is 5.02 Å². The van der Waals surface area contributed by atoms with Crippen LogP contribution in [0.3, 0.4) is 0 Å². The summed E-state index contributed by atoms with van der Waals surface area (Å²) < 4.78 is 25.7. The van der Waals surface area contributed by atoms with E-state index in [1.807, 2.05) is 6.07 Å². The van der Waals surface area contributed by atoms with Gasteiger partial charge < -0.3 is 10.2 Å². The molecule has 1 aromatic carbocycles. The van der Waals surface area contributed by atoms with E-state index < -0.39 is 28.1 Å². The molecule has 0 aromatic heterocycles. The lowest BCUT2D eigenvalue weighted by Gasteiger charge is -2.21. The summed E-state index contributed by atoms with van der Waals surface area (Å²) >= 11 is 5.87. The molecule has 0 amide bonds. The smallest absolute Gasteiger partial charge is 0.322 e. The number of rotatable bonds is 3. The Labute approximate surface area is 126 Å². The van der Waals surface area contributed by atoms with E-state index in [2.05, 4.69) is 0 Å². The van der Waals surface area contributed by atoms with Gasteiger partial charge in [0.2, 0.25) is 10.0 Å². The molecule has 1 aliphatic heterocycles. The number of nitriles is 1. The average molecular weight is 331 g/mol. The molecule has 0 saturated carbocycles. The number of carbonyl (C=O) groups is 1. The van der Waals surface area contributed by atoms with Gasteiger partial charge in [0, 0.05) is 13.0 Å². The standard InChI is InChI=1S/C12H11ClN2O5S/c13-9-3-7(5-14)1-2-11(9)21(19,20)15-6-8(16)4-10(15)12(17)18/h1-3,8,10,16H,4,6H2,(H,17,18)/t8-,10+/m1/s1. The molecule has 0 bridgehead atoms. The highest BCUT2D eigenvalue weighted by Gasteiger charge is 2.44. The van der Waals surface area contributed by atoms with Crippen LogP contribution in [0, 0.1) is 11.3 Å².